The topological polar surface area (TPSA) is 0 Å². The van der Waals surface area contributed by atoms with Crippen molar-refractivity contribution in [2.24, 2.45) is 11.8 Å². The number of halogens is 19. The fourth-order valence-electron chi connectivity index (χ4n) is 4.41. The smallest absolute Gasteiger partial charge is 0.194 e. The van der Waals surface area contributed by atoms with Crippen molar-refractivity contribution in [1.29, 1.82) is 0 Å². The Morgan fingerprint density at radius 3 is 1.21 bits per heavy atom. The molecule has 0 nitrogen and oxygen atoms in total. The van der Waals surface area contributed by atoms with Gasteiger partial charge < -0.3 is 0 Å². The van der Waals surface area contributed by atoms with Gasteiger partial charge in [0.05, 0.1) is 0 Å². The molecule has 1 aromatic rings. The molecule has 1 saturated carbocycles. The summed E-state index contributed by atoms with van der Waals surface area (Å²) in [7, 11) is 0. The minimum absolute atomic E-state index is 0.0226. The largest absolute Gasteiger partial charge is 0.460 e. The monoisotopic (exact) mass is 670 g/mol. The van der Waals surface area contributed by atoms with Gasteiger partial charge in [0.25, 0.3) is 0 Å². The average molecular weight is 670 g/mol. The molecular formula is C24H21F19. The molecule has 2 rings (SSSR count). The lowest BCUT2D eigenvalue weighted by atomic mass is 9.80. The number of aryl methyl sites for hydroxylation is 1. The van der Waals surface area contributed by atoms with Crippen LogP contribution in [0.15, 0.2) is 24.3 Å². The second kappa shape index (κ2) is 11.1. The van der Waals surface area contributed by atoms with E-state index in [0.29, 0.717) is 24.5 Å². The quantitative estimate of drug-likeness (QED) is 0.206. The van der Waals surface area contributed by atoms with Gasteiger partial charge in [-0.3, -0.25) is 0 Å². The molecule has 43 heavy (non-hydrogen) atoms. The summed E-state index contributed by atoms with van der Waals surface area (Å²) in [5, 5.41) is 0. The molecule has 1 aliphatic rings. The zero-order chi connectivity index (χ0) is 33.9. The van der Waals surface area contributed by atoms with E-state index >= 15 is 0 Å². The van der Waals surface area contributed by atoms with Crippen LogP contribution in [0, 0.1) is 11.8 Å². The van der Waals surface area contributed by atoms with Crippen molar-refractivity contribution in [1.82, 2.24) is 0 Å². The van der Waals surface area contributed by atoms with Crippen LogP contribution in [0.5, 0.6) is 0 Å². The molecule has 1 aliphatic carbocycles. The molecule has 0 aromatic heterocycles. The van der Waals surface area contributed by atoms with E-state index in [9.17, 15) is 83.4 Å². The molecule has 1 aromatic carbocycles. The molecule has 250 valence electrons. The van der Waals surface area contributed by atoms with Crippen LogP contribution in [-0.4, -0.2) is 47.6 Å². The van der Waals surface area contributed by atoms with Crippen LogP contribution in [0.4, 0.5) is 83.4 Å². The van der Waals surface area contributed by atoms with Gasteiger partial charge in [0.2, 0.25) is 0 Å². The van der Waals surface area contributed by atoms with Crippen LogP contribution in [0.25, 0.3) is 0 Å². The van der Waals surface area contributed by atoms with Gasteiger partial charge in [0.15, 0.2) is 0 Å². The summed E-state index contributed by atoms with van der Waals surface area (Å²) in [6.07, 6.45) is -3.93. The van der Waals surface area contributed by atoms with Crippen LogP contribution in [-0.2, 0) is 12.3 Å². The molecule has 0 aliphatic heterocycles. The van der Waals surface area contributed by atoms with E-state index in [1.165, 1.54) is 0 Å². The van der Waals surface area contributed by atoms with E-state index in [0.717, 1.165) is 25.7 Å². The lowest BCUT2D eigenvalue weighted by Gasteiger charge is -2.43. The number of alkyl halides is 19. The Bertz CT molecular complexity index is 1090. The third-order valence-electron chi connectivity index (χ3n) is 7.41. The third-order valence-corrected chi connectivity index (χ3v) is 7.41. The van der Waals surface area contributed by atoms with Gasteiger partial charge in [-0.1, -0.05) is 56.9 Å². The first kappa shape index (κ1) is 37.1. The third kappa shape index (κ3) is 5.63. The first-order valence-corrected chi connectivity index (χ1v) is 12.1. The highest BCUT2D eigenvalue weighted by molar-refractivity contribution is 5.30. The van der Waals surface area contributed by atoms with E-state index in [-0.39, 0.29) is 30.0 Å². The summed E-state index contributed by atoms with van der Waals surface area (Å²) in [5.74, 6) is -65.9. The van der Waals surface area contributed by atoms with Crippen molar-refractivity contribution in [2.75, 3.05) is 0 Å². The van der Waals surface area contributed by atoms with Crippen LogP contribution in [0.3, 0.4) is 0 Å². The van der Waals surface area contributed by atoms with Crippen LogP contribution < -0.4 is 0 Å². The van der Waals surface area contributed by atoms with E-state index < -0.39 is 59.1 Å². The maximum atomic E-state index is 14.5. The van der Waals surface area contributed by atoms with E-state index in [1.807, 2.05) is 6.92 Å². The zero-order valence-corrected chi connectivity index (χ0v) is 21.4. The van der Waals surface area contributed by atoms with Gasteiger partial charge in [0.1, 0.15) is 0 Å². The van der Waals surface area contributed by atoms with Crippen LogP contribution in [0.2, 0.25) is 0 Å². The van der Waals surface area contributed by atoms with Gasteiger partial charge in [-0.2, -0.15) is 83.4 Å². The molecule has 0 N–H and O–H groups in total. The standard InChI is InChI=1S/C24H21F19/c1-12-2-4-13(5-3-12)6-7-14-8-10-15(11-9-14)16(25,26)17(27,28)18(29,30)19(31,32)20(33,34)21(35,36)22(37,38)23(39,40)24(41,42)43/h8-13H,2-7H2,1H3. The molecule has 1 fully saturated rings. The molecule has 0 bridgehead atoms. The second-order valence-electron chi connectivity index (χ2n) is 10.5. The van der Waals surface area contributed by atoms with Crippen molar-refractivity contribution < 1.29 is 83.4 Å². The fraction of sp³-hybridized carbons (Fsp3) is 0.750. The van der Waals surface area contributed by atoms with Crippen LogP contribution >= 0.6 is 0 Å². The highest BCUT2D eigenvalue weighted by atomic mass is 19.4. The Morgan fingerprint density at radius 1 is 0.488 bits per heavy atom. The first-order chi connectivity index (χ1) is 18.9. The zero-order valence-electron chi connectivity index (χ0n) is 21.4. The Labute approximate surface area is 230 Å². The molecule has 0 unspecified atom stereocenters. The van der Waals surface area contributed by atoms with Crippen LogP contribution in [0.1, 0.15) is 50.2 Å². The molecule has 0 atom stereocenters. The lowest BCUT2D eigenvalue weighted by molar-refractivity contribution is -0.469. The molecule has 0 spiro atoms. The minimum Gasteiger partial charge on any atom is -0.194 e. The Kier molecular flexibility index (Phi) is 9.53. The molecule has 0 heterocycles. The number of benzene rings is 1. The summed E-state index contributed by atoms with van der Waals surface area (Å²) in [4.78, 5) is 0. The van der Waals surface area contributed by atoms with Gasteiger partial charge in [0, 0.05) is 5.56 Å². The van der Waals surface area contributed by atoms with Gasteiger partial charge >= 0.3 is 53.6 Å². The first-order valence-electron chi connectivity index (χ1n) is 12.1. The highest BCUT2D eigenvalue weighted by Gasteiger charge is 2.96. The van der Waals surface area contributed by atoms with Gasteiger partial charge in [-0.15, -0.1) is 0 Å². The molecule has 0 saturated heterocycles. The number of hydrogen-bond donors (Lipinski definition) is 0. The lowest BCUT2D eigenvalue weighted by Crippen LogP contribution is -2.75. The maximum absolute atomic E-state index is 14.5. The normalized spacial score (nSPS) is 20.8. The Hall–Kier alpha value is -2.11. The molecule has 0 amide bonds. The Morgan fingerprint density at radius 2 is 0.837 bits per heavy atom. The van der Waals surface area contributed by atoms with Crippen molar-refractivity contribution in [2.45, 2.75) is 99.0 Å². The van der Waals surface area contributed by atoms with Crippen molar-refractivity contribution in [3.05, 3.63) is 35.4 Å². The number of hydrogen-bond acceptors (Lipinski definition) is 0. The second-order valence-corrected chi connectivity index (χ2v) is 10.5. The highest BCUT2D eigenvalue weighted by Crippen LogP contribution is 2.66. The van der Waals surface area contributed by atoms with E-state index in [1.54, 1.807) is 0 Å². The fourth-order valence-corrected chi connectivity index (χ4v) is 4.41. The minimum atomic E-state index is -8.91. The summed E-state index contributed by atoms with van der Waals surface area (Å²) in [5.41, 5.74) is -2.13. The summed E-state index contributed by atoms with van der Waals surface area (Å²) < 4.78 is 257. The van der Waals surface area contributed by atoms with E-state index in [2.05, 4.69) is 0 Å². The molecule has 19 heteroatoms. The van der Waals surface area contributed by atoms with Gasteiger partial charge in [-0.25, -0.2) is 0 Å². The van der Waals surface area contributed by atoms with Crippen molar-refractivity contribution in [3.8, 4) is 0 Å². The molecule has 0 radical (unpaired) electrons. The Balaban J connectivity index is 2.43. The van der Waals surface area contributed by atoms with Crippen molar-refractivity contribution in [3.63, 3.8) is 0 Å². The van der Waals surface area contributed by atoms with Gasteiger partial charge in [-0.05, 0) is 30.2 Å². The van der Waals surface area contributed by atoms with Crippen molar-refractivity contribution >= 4 is 0 Å². The average Bonchev–Trinajstić information content (AvgIpc) is 2.87. The predicted octanol–water partition coefficient (Wildman–Crippen LogP) is 10.5. The predicted molar refractivity (Wildman–Crippen MR) is 110 cm³/mol. The summed E-state index contributed by atoms with van der Waals surface area (Å²) in [6, 6.07) is 1.24. The summed E-state index contributed by atoms with van der Waals surface area (Å²) in [6.45, 7) is 2.01. The maximum Gasteiger partial charge on any atom is 0.460 e. The SMILES string of the molecule is CC1CCC(CCc2ccc(C(F)(F)C(F)(F)C(F)(F)C(F)(F)C(F)(F)C(F)(F)C(F)(F)C(F)(F)C(F)(F)F)cc2)CC1. The van der Waals surface area contributed by atoms with E-state index in [4.69, 9.17) is 0 Å². The number of rotatable bonds is 11. The summed E-state index contributed by atoms with van der Waals surface area (Å²) >= 11 is 0. The molecular weight excluding hydrogens is 649 g/mol.